The smallest absolute Gasteiger partial charge is 0.254 e. The Morgan fingerprint density at radius 2 is 2.04 bits per heavy atom. The number of likely N-dealkylation sites (tertiary alicyclic amines) is 1. The Morgan fingerprint density at radius 3 is 2.92 bits per heavy atom. The third-order valence-electron chi connectivity index (χ3n) is 4.85. The van der Waals surface area contributed by atoms with Gasteiger partial charge in [-0.25, -0.2) is 4.68 Å². The lowest BCUT2D eigenvalue weighted by Crippen LogP contribution is -2.29. The molecule has 0 spiro atoms. The molecule has 1 aliphatic heterocycles. The average Bonchev–Trinajstić information content (AvgIpc) is 3.06. The minimum Gasteiger partial charge on any atom is -0.336 e. The Kier molecular flexibility index (Phi) is 3.12. The lowest BCUT2D eigenvalue weighted by atomic mass is 10.2. The number of nitrogens with zero attached hydrogens (tertiary/aromatic N) is 6. The highest BCUT2D eigenvalue weighted by molar-refractivity contribution is 7.00. The third kappa shape index (κ3) is 2.37. The van der Waals surface area contributed by atoms with E-state index in [1.54, 1.807) is 0 Å². The van der Waals surface area contributed by atoms with Crippen LogP contribution in [-0.2, 0) is 0 Å². The number of hydrogen-bond acceptors (Lipinski definition) is 6. The maximum atomic E-state index is 12.7. The van der Waals surface area contributed by atoms with Crippen molar-refractivity contribution in [2.75, 3.05) is 13.1 Å². The molecule has 1 saturated carbocycles. The van der Waals surface area contributed by atoms with Crippen LogP contribution >= 0.6 is 11.7 Å². The van der Waals surface area contributed by atoms with Crippen LogP contribution in [0.25, 0.3) is 11.0 Å². The summed E-state index contributed by atoms with van der Waals surface area (Å²) in [7, 11) is 0. The van der Waals surface area contributed by atoms with Crippen LogP contribution < -0.4 is 0 Å². The van der Waals surface area contributed by atoms with Gasteiger partial charge in [-0.3, -0.25) is 4.79 Å². The predicted octanol–water partition coefficient (Wildman–Crippen LogP) is 2.25. The van der Waals surface area contributed by atoms with Gasteiger partial charge in [-0.05, 0) is 37.5 Å². The summed E-state index contributed by atoms with van der Waals surface area (Å²) in [5, 5.41) is 8.55. The molecule has 1 aromatic carbocycles. The molecule has 24 heavy (non-hydrogen) atoms. The molecule has 1 saturated heterocycles. The van der Waals surface area contributed by atoms with Gasteiger partial charge in [0.25, 0.3) is 5.91 Å². The monoisotopic (exact) mass is 340 g/mol. The topological polar surface area (TPSA) is 76.8 Å². The van der Waals surface area contributed by atoms with E-state index in [9.17, 15) is 4.79 Å². The number of carbonyl (C=O) groups is 1. The first kappa shape index (κ1) is 14.0. The standard InChI is InChI=1S/C16H16N6OS/c23-16(11-3-4-13-14(7-11)19-24-18-13)21-6-5-12(8-21)22-9-15(17-20-22)10-1-2-10/h3-4,7,9-10,12H,1-2,5-6,8H2. The van der Waals surface area contributed by atoms with Gasteiger partial charge in [-0.1, -0.05) is 5.21 Å². The van der Waals surface area contributed by atoms with Gasteiger partial charge in [0.1, 0.15) is 11.0 Å². The fourth-order valence-electron chi connectivity index (χ4n) is 3.27. The van der Waals surface area contributed by atoms with Crippen LogP contribution in [0.5, 0.6) is 0 Å². The fourth-order valence-corrected chi connectivity index (χ4v) is 3.79. The highest BCUT2D eigenvalue weighted by atomic mass is 32.1. The van der Waals surface area contributed by atoms with Crippen molar-refractivity contribution in [1.29, 1.82) is 0 Å². The van der Waals surface area contributed by atoms with E-state index in [0.29, 0.717) is 18.0 Å². The third-order valence-corrected chi connectivity index (χ3v) is 5.41. The van der Waals surface area contributed by atoms with Gasteiger partial charge < -0.3 is 4.90 Å². The molecule has 7 nitrogen and oxygen atoms in total. The van der Waals surface area contributed by atoms with Crippen molar-refractivity contribution < 1.29 is 4.79 Å². The van der Waals surface area contributed by atoms with E-state index in [-0.39, 0.29) is 11.9 Å². The highest BCUT2D eigenvalue weighted by Crippen LogP contribution is 2.39. The second-order valence-electron chi connectivity index (χ2n) is 6.56. The Hall–Kier alpha value is -2.35. The van der Waals surface area contributed by atoms with Crippen LogP contribution in [0.4, 0.5) is 0 Å². The van der Waals surface area contributed by atoms with Crippen LogP contribution in [0.2, 0.25) is 0 Å². The molecule has 3 aromatic rings. The number of amides is 1. The summed E-state index contributed by atoms with van der Waals surface area (Å²) in [6, 6.07) is 5.74. The van der Waals surface area contributed by atoms with Crippen LogP contribution in [0.15, 0.2) is 24.4 Å². The van der Waals surface area contributed by atoms with Crippen molar-refractivity contribution >= 4 is 28.7 Å². The lowest BCUT2D eigenvalue weighted by molar-refractivity contribution is 0.0787. The zero-order valence-corrected chi connectivity index (χ0v) is 13.8. The van der Waals surface area contributed by atoms with Crippen molar-refractivity contribution in [3.8, 4) is 0 Å². The summed E-state index contributed by atoms with van der Waals surface area (Å²) in [6.07, 6.45) is 5.42. The molecule has 122 valence electrons. The summed E-state index contributed by atoms with van der Waals surface area (Å²) in [5.41, 5.74) is 3.40. The Morgan fingerprint density at radius 1 is 1.17 bits per heavy atom. The molecular formula is C16H16N6OS. The second kappa shape index (κ2) is 5.34. The van der Waals surface area contributed by atoms with E-state index in [4.69, 9.17) is 0 Å². The first-order valence-corrected chi connectivity index (χ1v) is 8.94. The lowest BCUT2D eigenvalue weighted by Gasteiger charge is -2.16. The average molecular weight is 340 g/mol. The van der Waals surface area contributed by atoms with Crippen molar-refractivity contribution in [2.24, 2.45) is 0 Å². The zero-order chi connectivity index (χ0) is 16.1. The van der Waals surface area contributed by atoms with Crippen LogP contribution in [-0.4, -0.2) is 47.6 Å². The molecule has 0 radical (unpaired) electrons. The summed E-state index contributed by atoms with van der Waals surface area (Å²) < 4.78 is 10.3. The van der Waals surface area contributed by atoms with Gasteiger partial charge >= 0.3 is 0 Å². The predicted molar refractivity (Wildman–Crippen MR) is 89.0 cm³/mol. The van der Waals surface area contributed by atoms with Gasteiger partial charge in [0.2, 0.25) is 0 Å². The van der Waals surface area contributed by atoms with Gasteiger partial charge in [0, 0.05) is 30.8 Å². The fraction of sp³-hybridized carbons (Fsp3) is 0.438. The number of fused-ring (bicyclic) bond motifs is 1. The van der Waals surface area contributed by atoms with Crippen LogP contribution in [0.3, 0.4) is 0 Å². The molecule has 1 aliphatic carbocycles. The van der Waals surface area contributed by atoms with E-state index >= 15 is 0 Å². The first-order valence-electron chi connectivity index (χ1n) is 8.21. The zero-order valence-electron chi connectivity index (χ0n) is 13.0. The largest absolute Gasteiger partial charge is 0.336 e. The van der Waals surface area contributed by atoms with Gasteiger partial charge in [0.05, 0.1) is 23.5 Å². The minimum absolute atomic E-state index is 0.0509. The summed E-state index contributed by atoms with van der Waals surface area (Å²) in [4.78, 5) is 14.6. The van der Waals surface area contributed by atoms with E-state index in [2.05, 4.69) is 25.3 Å². The van der Waals surface area contributed by atoms with Crippen LogP contribution in [0, 0.1) is 0 Å². The molecule has 3 heterocycles. The van der Waals surface area contributed by atoms with Crippen molar-refractivity contribution in [1.82, 2.24) is 28.6 Å². The van der Waals surface area contributed by atoms with Crippen molar-refractivity contribution in [3.63, 3.8) is 0 Å². The molecular weight excluding hydrogens is 324 g/mol. The molecule has 1 atom stereocenters. The Bertz CT molecular complexity index is 914. The molecule has 1 amide bonds. The molecule has 2 aliphatic rings. The Labute approximate surface area is 142 Å². The quantitative estimate of drug-likeness (QED) is 0.731. The minimum atomic E-state index is 0.0509. The van der Waals surface area contributed by atoms with Gasteiger partial charge in [-0.15, -0.1) is 5.10 Å². The molecule has 0 N–H and O–H groups in total. The molecule has 2 aromatic heterocycles. The van der Waals surface area contributed by atoms with E-state index in [1.165, 1.54) is 24.6 Å². The molecule has 8 heteroatoms. The Balaban J connectivity index is 1.32. The maximum Gasteiger partial charge on any atom is 0.254 e. The van der Waals surface area contributed by atoms with Gasteiger partial charge in [0.15, 0.2) is 0 Å². The number of rotatable bonds is 3. The number of carbonyl (C=O) groups excluding carboxylic acids is 1. The molecule has 0 bridgehead atoms. The molecule has 2 fully saturated rings. The van der Waals surface area contributed by atoms with E-state index in [1.807, 2.05) is 27.8 Å². The van der Waals surface area contributed by atoms with Crippen molar-refractivity contribution in [3.05, 3.63) is 35.7 Å². The SMILES string of the molecule is O=C(c1ccc2nsnc2c1)N1CCC(n2cc(C3CC3)nn2)C1. The second-order valence-corrected chi connectivity index (χ2v) is 7.09. The number of hydrogen-bond donors (Lipinski definition) is 0. The van der Waals surface area contributed by atoms with E-state index < -0.39 is 0 Å². The van der Waals surface area contributed by atoms with Crippen LogP contribution in [0.1, 0.15) is 47.3 Å². The summed E-state index contributed by atoms with van der Waals surface area (Å²) in [5.74, 6) is 0.659. The molecule has 1 unspecified atom stereocenters. The number of benzene rings is 1. The summed E-state index contributed by atoms with van der Waals surface area (Å²) in [6.45, 7) is 1.43. The van der Waals surface area contributed by atoms with Gasteiger partial charge in [-0.2, -0.15) is 8.75 Å². The number of aromatic nitrogens is 5. The normalized spacial score (nSPS) is 20.8. The highest BCUT2D eigenvalue weighted by Gasteiger charge is 2.31. The molecule has 5 rings (SSSR count). The maximum absolute atomic E-state index is 12.7. The van der Waals surface area contributed by atoms with E-state index in [0.717, 1.165) is 29.7 Å². The van der Waals surface area contributed by atoms with Crippen molar-refractivity contribution in [2.45, 2.75) is 31.2 Å². The summed E-state index contributed by atoms with van der Waals surface area (Å²) >= 11 is 1.17. The first-order chi connectivity index (χ1) is 11.8.